The molecule has 2 aromatic carbocycles. The zero-order valence-corrected chi connectivity index (χ0v) is 14.5. The maximum Gasteiger partial charge on any atom is 0.259 e. The second-order valence-electron chi connectivity index (χ2n) is 5.86. The molecule has 0 saturated carbocycles. The van der Waals surface area contributed by atoms with E-state index in [4.69, 9.17) is 6.42 Å². The monoisotopic (exact) mass is 359 g/mol. The summed E-state index contributed by atoms with van der Waals surface area (Å²) >= 11 is 0. The molecule has 27 heavy (non-hydrogen) atoms. The molecule has 2 N–H and O–H groups in total. The zero-order valence-electron chi connectivity index (χ0n) is 14.5. The zero-order chi connectivity index (χ0) is 19.4. The summed E-state index contributed by atoms with van der Waals surface area (Å²) in [5.41, 5.74) is 2.34. The molecule has 3 rings (SSSR count). The van der Waals surface area contributed by atoms with Crippen molar-refractivity contribution < 1.29 is 14.4 Å². The Labute approximate surface area is 156 Å². The second kappa shape index (κ2) is 7.58. The van der Waals surface area contributed by atoms with E-state index >= 15 is 0 Å². The highest BCUT2D eigenvalue weighted by Crippen LogP contribution is 2.30. The molecule has 1 aliphatic heterocycles. The molecule has 0 aromatic heterocycles. The Morgan fingerprint density at radius 2 is 1.74 bits per heavy atom. The van der Waals surface area contributed by atoms with Crippen molar-refractivity contribution in [2.45, 2.75) is 0 Å². The van der Waals surface area contributed by atoms with Gasteiger partial charge in [0.2, 0.25) is 5.91 Å². The number of nitrogens with zero attached hydrogens (tertiary/aromatic N) is 1. The lowest BCUT2D eigenvalue weighted by molar-refractivity contribution is -0.116. The van der Waals surface area contributed by atoms with Gasteiger partial charge < -0.3 is 10.6 Å². The highest BCUT2D eigenvalue weighted by Gasteiger charge is 2.32. The van der Waals surface area contributed by atoms with Gasteiger partial charge in [0.25, 0.3) is 11.8 Å². The van der Waals surface area contributed by atoms with Gasteiger partial charge >= 0.3 is 0 Å². The van der Waals surface area contributed by atoms with E-state index in [-0.39, 0.29) is 24.6 Å². The number of carbonyl (C=O) groups is 3. The van der Waals surface area contributed by atoms with Crippen molar-refractivity contribution >= 4 is 29.1 Å². The molecule has 1 aliphatic rings. The average molecular weight is 359 g/mol. The number of hydrogen-bond donors (Lipinski definition) is 2. The van der Waals surface area contributed by atoms with E-state index in [1.54, 1.807) is 42.5 Å². The third kappa shape index (κ3) is 3.58. The van der Waals surface area contributed by atoms with Gasteiger partial charge in [0.05, 0.1) is 17.8 Å². The number of para-hydroxylation sites is 1. The fourth-order valence-electron chi connectivity index (χ4n) is 2.85. The minimum Gasteiger partial charge on any atom is -0.341 e. The molecule has 134 valence electrons. The van der Waals surface area contributed by atoms with E-state index in [9.17, 15) is 14.4 Å². The first-order chi connectivity index (χ1) is 13.0. The summed E-state index contributed by atoms with van der Waals surface area (Å²) in [6.07, 6.45) is 5.15. The number of rotatable bonds is 5. The van der Waals surface area contributed by atoms with Crippen LogP contribution in [0.15, 0.2) is 55.1 Å². The highest BCUT2D eigenvalue weighted by molar-refractivity contribution is 6.11. The predicted octanol–water partition coefficient (Wildman–Crippen LogP) is 2.11. The lowest BCUT2D eigenvalue weighted by Gasteiger charge is -2.17. The lowest BCUT2D eigenvalue weighted by atomic mass is 10.1. The minimum atomic E-state index is -0.436. The van der Waals surface area contributed by atoms with Crippen LogP contribution in [0.3, 0.4) is 0 Å². The third-order valence-corrected chi connectivity index (χ3v) is 4.14. The van der Waals surface area contributed by atoms with E-state index in [0.29, 0.717) is 22.5 Å². The van der Waals surface area contributed by atoms with Crippen LogP contribution in [0.5, 0.6) is 0 Å². The fourth-order valence-corrected chi connectivity index (χ4v) is 2.85. The molecule has 0 atom stereocenters. The Balaban J connectivity index is 1.73. The first-order valence-electron chi connectivity index (χ1n) is 8.23. The van der Waals surface area contributed by atoms with E-state index in [1.807, 2.05) is 6.07 Å². The Hall–Kier alpha value is -3.85. The molecule has 0 aliphatic carbocycles. The van der Waals surface area contributed by atoms with Crippen molar-refractivity contribution in [2.24, 2.45) is 0 Å². The third-order valence-electron chi connectivity index (χ3n) is 4.14. The number of benzene rings is 2. The molecule has 0 unspecified atom stereocenters. The molecular formula is C21H17N3O3. The van der Waals surface area contributed by atoms with Crippen LogP contribution >= 0.6 is 0 Å². The number of fused-ring (bicyclic) bond motifs is 1. The maximum absolute atomic E-state index is 12.5. The van der Waals surface area contributed by atoms with Gasteiger partial charge in [-0.3, -0.25) is 19.3 Å². The van der Waals surface area contributed by atoms with Crippen LogP contribution in [-0.2, 0) is 4.79 Å². The molecule has 2 aromatic rings. The molecule has 0 radical (unpaired) electrons. The van der Waals surface area contributed by atoms with Gasteiger partial charge in [-0.05, 0) is 18.2 Å². The van der Waals surface area contributed by atoms with Crippen molar-refractivity contribution in [2.75, 3.05) is 18.4 Å². The van der Waals surface area contributed by atoms with Crippen LogP contribution in [0.4, 0.5) is 5.69 Å². The van der Waals surface area contributed by atoms with Crippen LogP contribution in [0, 0.1) is 12.3 Å². The van der Waals surface area contributed by atoms with E-state index in [1.165, 1.54) is 4.90 Å². The Bertz CT molecular complexity index is 953. The molecule has 0 saturated heterocycles. The van der Waals surface area contributed by atoms with Gasteiger partial charge in [0.15, 0.2) is 0 Å². The summed E-state index contributed by atoms with van der Waals surface area (Å²) in [4.78, 5) is 38.5. The molecular weight excluding hydrogens is 342 g/mol. The molecule has 6 nitrogen and oxygen atoms in total. The van der Waals surface area contributed by atoms with Crippen LogP contribution in [0.25, 0.3) is 5.70 Å². The average Bonchev–Trinajstić information content (AvgIpc) is 2.91. The molecule has 1 heterocycles. The smallest absolute Gasteiger partial charge is 0.259 e. The molecule has 3 amide bonds. The molecule has 0 fully saturated rings. The summed E-state index contributed by atoms with van der Waals surface area (Å²) in [6, 6.07) is 13.6. The van der Waals surface area contributed by atoms with Crippen LogP contribution in [-0.4, -0.2) is 35.7 Å². The van der Waals surface area contributed by atoms with Gasteiger partial charge in [-0.1, -0.05) is 42.8 Å². The summed E-state index contributed by atoms with van der Waals surface area (Å²) in [7, 11) is 0. The normalized spacial score (nSPS) is 12.3. The second-order valence-corrected chi connectivity index (χ2v) is 5.86. The highest BCUT2D eigenvalue weighted by atomic mass is 16.2. The van der Waals surface area contributed by atoms with Crippen LogP contribution in [0.1, 0.15) is 26.3 Å². The van der Waals surface area contributed by atoms with E-state index in [2.05, 4.69) is 23.1 Å². The molecule has 0 bridgehead atoms. The number of carbonyl (C=O) groups excluding carboxylic acids is 3. The van der Waals surface area contributed by atoms with Crippen molar-refractivity contribution in [3.05, 3.63) is 71.8 Å². The maximum atomic E-state index is 12.5. The van der Waals surface area contributed by atoms with Crippen LogP contribution in [0.2, 0.25) is 0 Å². The van der Waals surface area contributed by atoms with E-state index in [0.717, 1.165) is 0 Å². The van der Waals surface area contributed by atoms with Crippen molar-refractivity contribution in [1.82, 2.24) is 10.2 Å². The summed E-state index contributed by atoms with van der Waals surface area (Å²) in [5.74, 6) is 1.22. The van der Waals surface area contributed by atoms with Crippen LogP contribution < -0.4 is 10.6 Å². The first-order valence-corrected chi connectivity index (χ1v) is 8.23. The first kappa shape index (κ1) is 18.0. The molecule has 6 heteroatoms. The van der Waals surface area contributed by atoms with Gasteiger partial charge in [0, 0.05) is 16.8 Å². The standard InChI is InChI=1S/C21H17N3O3/c1-3-12-22-20(26)17-10-6-7-11-18(17)23-19(25)13-24-14(2)15-8-4-5-9-16(15)21(24)27/h1,4-11H,2,12-13H2,(H,22,26)(H,23,25). The summed E-state index contributed by atoms with van der Waals surface area (Å²) in [5, 5.41) is 5.23. The quantitative estimate of drug-likeness (QED) is 0.803. The van der Waals surface area contributed by atoms with Gasteiger partial charge in [-0.25, -0.2) is 0 Å². The SMILES string of the molecule is C#CCNC(=O)c1ccccc1NC(=O)CN1C(=C)c2ccccc2C1=O. The van der Waals surface area contributed by atoms with Gasteiger partial charge in [-0.15, -0.1) is 6.42 Å². The number of hydrogen-bond acceptors (Lipinski definition) is 3. The van der Waals surface area contributed by atoms with Gasteiger partial charge in [-0.2, -0.15) is 0 Å². The predicted molar refractivity (Wildman–Crippen MR) is 103 cm³/mol. The molecule has 0 spiro atoms. The van der Waals surface area contributed by atoms with Gasteiger partial charge in [0.1, 0.15) is 6.54 Å². The largest absolute Gasteiger partial charge is 0.341 e. The fraction of sp³-hybridized carbons (Fsp3) is 0.0952. The lowest BCUT2D eigenvalue weighted by Crippen LogP contribution is -2.33. The Morgan fingerprint density at radius 3 is 2.44 bits per heavy atom. The Morgan fingerprint density at radius 1 is 1.07 bits per heavy atom. The van der Waals surface area contributed by atoms with Crippen molar-refractivity contribution in [3.8, 4) is 12.3 Å². The minimum absolute atomic E-state index is 0.0848. The number of amides is 3. The van der Waals surface area contributed by atoms with Crippen molar-refractivity contribution in [1.29, 1.82) is 0 Å². The number of anilines is 1. The topological polar surface area (TPSA) is 78.5 Å². The number of terminal acetylenes is 1. The van der Waals surface area contributed by atoms with Crippen molar-refractivity contribution in [3.63, 3.8) is 0 Å². The van der Waals surface area contributed by atoms with E-state index < -0.39 is 11.8 Å². The number of nitrogens with one attached hydrogen (secondary N) is 2. The summed E-state index contributed by atoms with van der Waals surface area (Å²) < 4.78 is 0. The Kier molecular flexibility index (Phi) is 5.04. The summed E-state index contributed by atoms with van der Waals surface area (Å²) in [6.45, 7) is 3.79.